The molecule has 3 rings (SSSR count). The molecule has 1 aromatic carbocycles. The Morgan fingerprint density at radius 1 is 1.33 bits per heavy atom. The molecular weight excluding hydrogens is 354 g/mol. The molecule has 108 valence electrons. The molecule has 0 saturated heterocycles. The van der Waals surface area contributed by atoms with Crippen LogP contribution >= 0.6 is 27.5 Å². The molecule has 0 N–H and O–H groups in total. The highest BCUT2D eigenvalue weighted by Crippen LogP contribution is 2.29. The van der Waals surface area contributed by atoms with Crippen molar-refractivity contribution in [1.29, 1.82) is 0 Å². The predicted molar refractivity (Wildman–Crippen MR) is 87.3 cm³/mol. The fourth-order valence-electron chi connectivity index (χ4n) is 2.25. The number of rotatable bonds is 4. The van der Waals surface area contributed by atoms with E-state index in [1.54, 1.807) is 6.20 Å². The van der Waals surface area contributed by atoms with Crippen molar-refractivity contribution in [3.05, 3.63) is 46.8 Å². The third-order valence-electron chi connectivity index (χ3n) is 3.06. The molecule has 21 heavy (non-hydrogen) atoms. The normalized spacial score (nSPS) is 11.0. The van der Waals surface area contributed by atoms with Crippen LogP contribution in [0.1, 0.15) is 12.7 Å². The second-order valence-electron chi connectivity index (χ2n) is 4.39. The number of fused-ring (bicyclic) bond motifs is 1. The smallest absolute Gasteiger partial charge is 0.164 e. The van der Waals surface area contributed by atoms with E-state index in [9.17, 15) is 0 Å². The predicted octanol–water partition coefficient (Wildman–Crippen LogP) is 4.32. The number of aromatic nitrogens is 3. The molecule has 0 radical (unpaired) electrons. The van der Waals surface area contributed by atoms with Gasteiger partial charge in [0.2, 0.25) is 0 Å². The number of benzene rings is 1. The Balaban J connectivity index is 2.29. The van der Waals surface area contributed by atoms with Crippen molar-refractivity contribution in [2.24, 2.45) is 0 Å². The standard InChI is InChI=1S/C15H13BrClN3O/c1-2-21-13-6-4-3-5-12(13)20-14(8-17)19-11-7-10(16)9-18-15(11)20/h3-7,9H,2,8H2,1H3. The fourth-order valence-corrected chi connectivity index (χ4v) is 2.75. The van der Waals surface area contributed by atoms with E-state index in [0.717, 1.165) is 32.9 Å². The van der Waals surface area contributed by atoms with Crippen molar-refractivity contribution in [3.63, 3.8) is 0 Å². The van der Waals surface area contributed by atoms with Crippen LogP contribution in [0.25, 0.3) is 16.9 Å². The molecule has 0 aliphatic rings. The van der Waals surface area contributed by atoms with Crippen LogP contribution < -0.4 is 4.74 Å². The van der Waals surface area contributed by atoms with Crippen molar-refractivity contribution < 1.29 is 4.74 Å². The van der Waals surface area contributed by atoms with Gasteiger partial charge in [-0.15, -0.1) is 11.6 Å². The van der Waals surface area contributed by atoms with Gasteiger partial charge in [-0.1, -0.05) is 12.1 Å². The van der Waals surface area contributed by atoms with E-state index in [4.69, 9.17) is 16.3 Å². The fraction of sp³-hybridized carbons (Fsp3) is 0.200. The zero-order chi connectivity index (χ0) is 14.8. The molecule has 3 aromatic rings. The molecule has 2 heterocycles. The number of imidazole rings is 1. The lowest BCUT2D eigenvalue weighted by molar-refractivity contribution is 0.339. The summed E-state index contributed by atoms with van der Waals surface area (Å²) in [6.45, 7) is 2.56. The quantitative estimate of drug-likeness (QED) is 0.646. The minimum absolute atomic E-state index is 0.300. The number of para-hydroxylation sites is 2. The van der Waals surface area contributed by atoms with Gasteiger partial charge in [-0.25, -0.2) is 9.97 Å². The van der Waals surface area contributed by atoms with Crippen LogP contribution in [-0.2, 0) is 5.88 Å². The topological polar surface area (TPSA) is 39.9 Å². The second-order valence-corrected chi connectivity index (χ2v) is 5.58. The summed E-state index contributed by atoms with van der Waals surface area (Å²) in [5.41, 5.74) is 2.46. The zero-order valence-corrected chi connectivity index (χ0v) is 13.7. The number of hydrogen-bond donors (Lipinski definition) is 0. The average Bonchev–Trinajstić information content (AvgIpc) is 2.85. The number of alkyl halides is 1. The third-order valence-corrected chi connectivity index (χ3v) is 3.73. The first-order chi connectivity index (χ1) is 10.2. The highest BCUT2D eigenvalue weighted by Gasteiger charge is 2.16. The maximum Gasteiger partial charge on any atom is 0.164 e. The number of halogens is 2. The Hall–Kier alpha value is -1.59. The molecular formula is C15H13BrClN3O. The van der Waals surface area contributed by atoms with Crippen molar-refractivity contribution in [3.8, 4) is 11.4 Å². The molecule has 0 amide bonds. The van der Waals surface area contributed by atoms with Gasteiger partial charge >= 0.3 is 0 Å². The Morgan fingerprint density at radius 3 is 2.90 bits per heavy atom. The van der Waals surface area contributed by atoms with Gasteiger partial charge in [0.1, 0.15) is 17.1 Å². The maximum absolute atomic E-state index is 6.06. The van der Waals surface area contributed by atoms with Gasteiger partial charge in [0.25, 0.3) is 0 Å². The third kappa shape index (κ3) is 2.63. The SMILES string of the molecule is CCOc1ccccc1-n1c(CCl)nc2cc(Br)cnc21. The minimum atomic E-state index is 0.300. The lowest BCUT2D eigenvalue weighted by Gasteiger charge is -2.12. The van der Waals surface area contributed by atoms with Crippen LogP contribution in [0, 0.1) is 0 Å². The van der Waals surface area contributed by atoms with Crippen molar-refractivity contribution in [2.45, 2.75) is 12.8 Å². The van der Waals surface area contributed by atoms with Gasteiger partial charge in [-0.05, 0) is 41.1 Å². The van der Waals surface area contributed by atoms with E-state index < -0.39 is 0 Å². The summed E-state index contributed by atoms with van der Waals surface area (Å²) in [6, 6.07) is 9.74. The zero-order valence-electron chi connectivity index (χ0n) is 11.4. The van der Waals surface area contributed by atoms with E-state index in [1.807, 2.05) is 41.8 Å². The Kier molecular flexibility index (Phi) is 4.12. The lowest BCUT2D eigenvalue weighted by Crippen LogP contribution is -2.04. The molecule has 0 saturated carbocycles. The van der Waals surface area contributed by atoms with E-state index in [-0.39, 0.29) is 0 Å². The second kappa shape index (κ2) is 6.03. The van der Waals surface area contributed by atoms with Crippen LogP contribution in [0.4, 0.5) is 0 Å². The summed E-state index contributed by atoms with van der Waals surface area (Å²) in [4.78, 5) is 9.02. The van der Waals surface area contributed by atoms with Gasteiger partial charge in [0.05, 0.1) is 18.2 Å². The highest BCUT2D eigenvalue weighted by molar-refractivity contribution is 9.10. The first kappa shape index (κ1) is 14.4. The van der Waals surface area contributed by atoms with Crippen molar-refractivity contribution in [1.82, 2.24) is 14.5 Å². The molecule has 0 unspecified atom stereocenters. The number of hydrogen-bond acceptors (Lipinski definition) is 3. The van der Waals surface area contributed by atoms with Crippen LogP contribution in [0.5, 0.6) is 5.75 Å². The molecule has 4 nitrogen and oxygen atoms in total. The number of pyridine rings is 1. The van der Waals surface area contributed by atoms with Gasteiger partial charge in [0.15, 0.2) is 5.65 Å². The Labute approximate surface area is 135 Å². The van der Waals surface area contributed by atoms with E-state index in [2.05, 4.69) is 25.9 Å². The summed E-state index contributed by atoms with van der Waals surface area (Å²) >= 11 is 9.47. The maximum atomic E-state index is 6.06. The number of ether oxygens (including phenoxy) is 1. The molecule has 6 heteroatoms. The summed E-state index contributed by atoms with van der Waals surface area (Å²) in [7, 11) is 0. The molecule has 2 aromatic heterocycles. The lowest BCUT2D eigenvalue weighted by atomic mass is 10.3. The minimum Gasteiger partial charge on any atom is -0.492 e. The van der Waals surface area contributed by atoms with Gasteiger partial charge in [0, 0.05) is 10.7 Å². The van der Waals surface area contributed by atoms with E-state index in [1.165, 1.54) is 0 Å². The first-order valence-electron chi connectivity index (χ1n) is 6.55. The Morgan fingerprint density at radius 2 is 2.14 bits per heavy atom. The van der Waals surface area contributed by atoms with Crippen LogP contribution in [0.15, 0.2) is 41.0 Å². The molecule has 0 aliphatic heterocycles. The van der Waals surface area contributed by atoms with Crippen LogP contribution in [0.2, 0.25) is 0 Å². The monoisotopic (exact) mass is 365 g/mol. The van der Waals surface area contributed by atoms with Crippen LogP contribution in [0.3, 0.4) is 0 Å². The van der Waals surface area contributed by atoms with Gasteiger partial charge in [-0.3, -0.25) is 4.57 Å². The highest BCUT2D eigenvalue weighted by atomic mass is 79.9. The van der Waals surface area contributed by atoms with Crippen molar-refractivity contribution in [2.75, 3.05) is 6.61 Å². The molecule has 0 fully saturated rings. The van der Waals surface area contributed by atoms with Crippen molar-refractivity contribution >= 4 is 38.7 Å². The molecule has 0 atom stereocenters. The first-order valence-corrected chi connectivity index (χ1v) is 7.88. The summed E-state index contributed by atoms with van der Waals surface area (Å²) in [5.74, 6) is 1.83. The van der Waals surface area contributed by atoms with Gasteiger partial charge < -0.3 is 4.74 Å². The average molecular weight is 367 g/mol. The van der Waals surface area contributed by atoms with E-state index in [0.29, 0.717) is 12.5 Å². The summed E-state index contributed by atoms with van der Waals surface area (Å²) < 4.78 is 8.54. The summed E-state index contributed by atoms with van der Waals surface area (Å²) in [6.07, 6.45) is 1.75. The molecule has 0 aliphatic carbocycles. The van der Waals surface area contributed by atoms with Gasteiger partial charge in [-0.2, -0.15) is 0 Å². The summed E-state index contributed by atoms with van der Waals surface area (Å²) in [5, 5.41) is 0. The number of nitrogens with zero attached hydrogens (tertiary/aromatic N) is 3. The van der Waals surface area contributed by atoms with Crippen LogP contribution in [-0.4, -0.2) is 21.1 Å². The van der Waals surface area contributed by atoms with E-state index >= 15 is 0 Å². The Bertz CT molecular complexity index is 788. The largest absolute Gasteiger partial charge is 0.492 e. The molecule has 0 bridgehead atoms. The molecule has 0 spiro atoms.